The molecule has 4 aromatic rings. The number of hydrogen-bond acceptors (Lipinski definition) is 5. The van der Waals surface area contributed by atoms with E-state index in [0.29, 0.717) is 17.2 Å². The fourth-order valence-electron chi connectivity index (χ4n) is 2.72. The van der Waals surface area contributed by atoms with Crippen molar-refractivity contribution in [2.24, 2.45) is 0 Å². The lowest BCUT2D eigenvalue weighted by Gasteiger charge is -2.11. The predicted molar refractivity (Wildman–Crippen MR) is 104 cm³/mol. The molecule has 1 N–H and O–H groups in total. The number of alkyl halides is 3. The number of halogens is 3. The molecule has 1 aromatic carbocycles. The maximum Gasteiger partial charge on any atom is 0.487 e. The van der Waals surface area contributed by atoms with E-state index in [1.165, 1.54) is 57.9 Å². The Morgan fingerprint density at radius 2 is 1.90 bits per heavy atom. The second-order valence-electron chi connectivity index (χ2n) is 6.06. The Morgan fingerprint density at radius 3 is 2.63 bits per heavy atom. The first-order chi connectivity index (χ1) is 14.3. The smallest absolute Gasteiger partial charge is 0.420 e. The monoisotopic (exact) mass is 431 g/mol. The molecule has 0 saturated heterocycles. The first kappa shape index (κ1) is 19.5. The first-order valence-corrected chi connectivity index (χ1v) is 8.87. The van der Waals surface area contributed by atoms with Crippen LogP contribution in [0.3, 0.4) is 0 Å². The fraction of sp³-hybridized carbons (Fsp3) is 0.0526. The van der Waals surface area contributed by atoms with Crippen molar-refractivity contribution in [3.8, 4) is 11.6 Å². The van der Waals surface area contributed by atoms with Crippen LogP contribution in [0.15, 0.2) is 71.9 Å². The lowest BCUT2D eigenvalue weighted by molar-refractivity contribution is -0.0964. The van der Waals surface area contributed by atoms with E-state index < -0.39 is 11.5 Å². The molecule has 11 heteroatoms. The van der Waals surface area contributed by atoms with Crippen molar-refractivity contribution in [3.63, 3.8) is 0 Å². The molecule has 0 radical (unpaired) electrons. The van der Waals surface area contributed by atoms with Gasteiger partial charge in [-0.2, -0.15) is 9.61 Å². The normalized spacial score (nSPS) is 11.4. The number of amides is 1. The molecule has 0 aliphatic carbocycles. The summed E-state index contributed by atoms with van der Waals surface area (Å²) in [6.45, 7) is 0. The van der Waals surface area contributed by atoms with E-state index in [2.05, 4.69) is 20.1 Å². The number of aromatic nitrogens is 4. The van der Waals surface area contributed by atoms with Gasteiger partial charge in [0.1, 0.15) is 5.75 Å². The van der Waals surface area contributed by atoms with E-state index in [1.54, 1.807) is 18.3 Å². The van der Waals surface area contributed by atoms with Crippen LogP contribution < -0.4 is 15.6 Å². The molecule has 0 fully saturated rings. The lowest BCUT2D eigenvalue weighted by atomic mass is 10.2. The van der Waals surface area contributed by atoms with Gasteiger partial charge in [0.2, 0.25) is 0 Å². The minimum absolute atomic E-state index is 0.165. The highest BCUT2D eigenvalue weighted by molar-refractivity contribution is 6.20. The number of benzene rings is 1. The summed E-state index contributed by atoms with van der Waals surface area (Å²) in [5, 5.41) is 6.76. The van der Waals surface area contributed by atoms with E-state index >= 15 is 0 Å². The van der Waals surface area contributed by atoms with Crippen molar-refractivity contribution in [3.05, 3.63) is 83.0 Å². The van der Waals surface area contributed by atoms with Gasteiger partial charge in [0.15, 0.2) is 11.5 Å². The molecular formula is C19H12ClF2N5O3. The Labute approximate surface area is 172 Å². The molecule has 0 bridgehead atoms. The van der Waals surface area contributed by atoms with Gasteiger partial charge in [0.25, 0.3) is 11.5 Å². The average Bonchev–Trinajstić information content (AvgIpc) is 3.13. The Morgan fingerprint density at radius 1 is 1.13 bits per heavy atom. The number of nitrogens with zero attached hydrogens (tertiary/aromatic N) is 4. The van der Waals surface area contributed by atoms with Gasteiger partial charge in [-0.25, -0.2) is 4.98 Å². The summed E-state index contributed by atoms with van der Waals surface area (Å²) < 4.78 is 32.3. The summed E-state index contributed by atoms with van der Waals surface area (Å²) in [6.07, 6.45) is 4.38. The van der Waals surface area contributed by atoms with Crippen LogP contribution >= 0.6 is 11.6 Å². The standard InChI is InChI=1S/C19H12ClF2N5O3/c20-19(21,22)30-14-6-4-13(5-7-14)25-18(29)12-3-8-17(28)26(11-12)16-10-23-15-2-1-9-24-27(15)16/h1-11H,(H,25,29). The van der Waals surface area contributed by atoms with Crippen molar-refractivity contribution in [2.45, 2.75) is 5.57 Å². The van der Waals surface area contributed by atoms with Gasteiger partial charge in [0, 0.05) is 35.7 Å². The minimum Gasteiger partial charge on any atom is -0.420 e. The molecule has 0 unspecified atom stereocenters. The third kappa shape index (κ3) is 4.13. The van der Waals surface area contributed by atoms with Crippen LogP contribution in [-0.2, 0) is 0 Å². The highest BCUT2D eigenvalue weighted by Crippen LogP contribution is 2.26. The van der Waals surface area contributed by atoms with E-state index in [-0.39, 0.29) is 16.9 Å². The number of nitrogens with one attached hydrogen (secondary N) is 1. The second kappa shape index (κ2) is 7.56. The Hall–Kier alpha value is -3.79. The van der Waals surface area contributed by atoms with E-state index in [9.17, 15) is 18.4 Å². The van der Waals surface area contributed by atoms with Crippen LogP contribution in [-0.4, -0.2) is 30.6 Å². The molecule has 0 saturated carbocycles. The third-order valence-electron chi connectivity index (χ3n) is 4.03. The van der Waals surface area contributed by atoms with Crippen LogP contribution in [0.25, 0.3) is 11.5 Å². The molecule has 0 aliphatic rings. The maximum absolute atomic E-state index is 12.7. The predicted octanol–water partition coefficient (Wildman–Crippen LogP) is 3.30. The highest BCUT2D eigenvalue weighted by Gasteiger charge is 2.27. The van der Waals surface area contributed by atoms with Crippen LogP contribution in [0.1, 0.15) is 10.4 Å². The van der Waals surface area contributed by atoms with Crippen molar-refractivity contribution in [1.82, 2.24) is 19.2 Å². The molecule has 8 nitrogen and oxygen atoms in total. The van der Waals surface area contributed by atoms with Crippen molar-refractivity contribution < 1.29 is 18.3 Å². The Kier molecular flexibility index (Phi) is 4.92. The number of imidazole rings is 1. The minimum atomic E-state index is -3.83. The molecule has 4 rings (SSSR count). The number of rotatable bonds is 5. The number of pyridine rings is 1. The SMILES string of the molecule is O=C(Nc1ccc(OC(F)(F)Cl)cc1)c1ccc(=O)n(-c2cnc3cccnn23)c1. The topological polar surface area (TPSA) is 90.5 Å². The zero-order valence-corrected chi connectivity index (χ0v) is 15.8. The molecule has 3 heterocycles. The second-order valence-corrected chi connectivity index (χ2v) is 6.50. The third-order valence-corrected chi connectivity index (χ3v) is 4.10. The summed E-state index contributed by atoms with van der Waals surface area (Å²) in [4.78, 5) is 29.1. The molecule has 0 spiro atoms. The molecule has 152 valence electrons. The van der Waals surface area contributed by atoms with Crippen molar-refractivity contribution >= 4 is 28.8 Å². The lowest BCUT2D eigenvalue weighted by Crippen LogP contribution is -2.22. The molecular weight excluding hydrogens is 420 g/mol. The van der Waals surface area contributed by atoms with Gasteiger partial charge in [0.05, 0.1) is 11.8 Å². The summed E-state index contributed by atoms with van der Waals surface area (Å²) in [5.41, 5.74) is -3.14. The summed E-state index contributed by atoms with van der Waals surface area (Å²) in [6, 6.07) is 11.3. The number of anilines is 1. The quantitative estimate of drug-likeness (QED) is 0.490. The maximum atomic E-state index is 12.7. The van der Waals surface area contributed by atoms with Gasteiger partial charge in [-0.3, -0.25) is 14.2 Å². The van der Waals surface area contributed by atoms with Crippen LogP contribution in [0.5, 0.6) is 5.75 Å². The van der Waals surface area contributed by atoms with Crippen LogP contribution in [0.4, 0.5) is 14.5 Å². The Balaban J connectivity index is 1.58. The summed E-state index contributed by atoms with van der Waals surface area (Å²) >= 11 is 4.71. The van der Waals surface area contributed by atoms with Crippen LogP contribution in [0.2, 0.25) is 0 Å². The molecule has 0 aliphatic heterocycles. The first-order valence-electron chi connectivity index (χ1n) is 8.49. The van der Waals surface area contributed by atoms with Gasteiger partial charge >= 0.3 is 5.57 Å². The number of hydrogen-bond donors (Lipinski definition) is 1. The Bertz CT molecular complexity index is 1280. The number of carbonyl (C=O) groups excluding carboxylic acids is 1. The average molecular weight is 432 g/mol. The van der Waals surface area contributed by atoms with Crippen molar-refractivity contribution in [1.29, 1.82) is 0 Å². The van der Waals surface area contributed by atoms with Gasteiger partial charge in [-0.15, -0.1) is 8.78 Å². The molecule has 1 amide bonds. The number of fused-ring (bicyclic) bond motifs is 1. The van der Waals surface area contributed by atoms with Gasteiger partial charge in [-0.05, 0) is 42.5 Å². The molecule has 3 aromatic heterocycles. The number of ether oxygens (including phenoxy) is 1. The zero-order chi connectivity index (χ0) is 21.3. The fourth-order valence-corrected chi connectivity index (χ4v) is 2.81. The highest BCUT2D eigenvalue weighted by atomic mass is 35.5. The van der Waals surface area contributed by atoms with E-state index in [1.807, 2.05) is 0 Å². The number of carbonyl (C=O) groups is 1. The molecule has 30 heavy (non-hydrogen) atoms. The van der Waals surface area contributed by atoms with Gasteiger partial charge < -0.3 is 10.1 Å². The van der Waals surface area contributed by atoms with E-state index in [0.717, 1.165) is 0 Å². The zero-order valence-electron chi connectivity index (χ0n) is 15.0. The summed E-state index contributed by atoms with van der Waals surface area (Å²) in [7, 11) is 0. The largest absolute Gasteiger partial charge is 0.487 e. The summed E-state index contributed by atoms with van der Waals surface area (Å²) in [5.74, 6) is -0.308. The molecule has 0 atom stereocenters. The van der Waals surface area contributed by atoms with Crippen molar-refractivity contribution in [2.75, 3.05) is 5.32 Å². The van der Waals surface area contributed by atoms with Crippen LogP contribution in [0, 0.1) is 0 Å². The van der Waals surface area contributed by atoms with E-state index in [4.69, 9.17) is 11.6 Å². The van der Waals surface area contributed by atoms with Gasteiger partial charge in [-0.1, -0.05) is 0 Å².